The van der Waals surface area contributed by atoms with Crippen LogP contribution in [0.2, 0.25) is 0 Å². The van der Waals surface area contributed by atoms with Gasteiger partial charge >= 0.3 is 6.09 Å². The van der Waals surface area contributed by atoms with E-state index < -0.39 is 12.1 Å². The van der Waals surface area contributed by atoms with Crippen LogP contribution in [0.15, 0.2) is 48.5 Å². The lowest BCUT2D eigenvalue weighted by molar-refractivity contribution is -0.112. The number of unbranched alkanes of at least 4 members (excludes halogenated alkanes) is 1. The van der Waals surface area contributed by atoms with Crippen LogP contribution in [0.4, 0.5) is 4.79 Å². The summed E-state index contributed by atoms with van der Waals surface area (Å²) in [5.41, 5.74) is 4.75. The Morgan fingerprint density at radius 3 is 2.21 bits per heavy atom. The zero-order valence-corrected chi connectivity index (χ0v) is 17.3. The molecule has 4 nitrogen and oxygen atoms in total. The second kappa shape index (κ2) is 9.78. The molecule has 1 N–H and O–H groups in total. The van der Waals surface area contributed by atoms with Gasteiger partial charge in [0.15, 0.2) is 0 Å². The van der Waals surface area contributed by atoms with Crippen molar-refractivity contribution in [2.24, 2.45) is 0 Å². The molecule has 0 saturated carbocycles. The van der Waals surface area contributed by atoms with Gasteiger partial charge in [-0.05, 0) is 34.4 Å². The second-order valence-electron chi connectivity index (χ2n) is 6.92. The lowest BCUT2D eigenvalue weighted by atomic mass is 9.98. The van der Waals surface area contributed by atoms with Gasteiger partial charge in [0.25, 0.3) is 0 Å². The topological polar surface area (TPSA) is 55.4 Å². The van der Waals surface area contributed by atoms with Gasteiger partial charge in [0, 0.05) is 5.92 Å². The van der Waals surface area contributed by atoms with Crippen LogP contribution < -0.4 is 5.32 Å². The van der Waals surface area contributed by atoms with Crippen molar-refractivity contribution >= 4 is 23.0 Å². The van der Waals surface area contributed by atoms with E-state index in [9.17, 15) is 9.59 Å². The molecule has 1 atom stereocenters. The number of rotatable bonds is 8. The molecule has 0 radical (unpaired) electrons. The third-order valence-electron chi connectivity index (χ3n) is 5.05. The first-order chi connectivity index (χ1) is 13.7. The second-order valence-corrected chi connectivity index (χ2v) is 8.19. The van der Waals surface area contributed by atoms with Crippen molar-refractivity contribution in [3.63, 3.8) is 0 Å². The normalized spacial score (nSPS) is 13.5. The summed E-state index contributed by atoms with van der Waals surface area (Å²) in [7, 11) is 0. The van der Waals surface area contributed by atoms with Gasteiger partial charge in [0.2, 0.25) is 5.12 Å². The standard InChI is InChI=1S/C23H27NO3S/c1-3-5-14-21(22(25)28-4-2)24-23(26)27-15-20-18-12-8-6-10-16(18)17-11-7-9-13-19(17)20/h6-13,20-21H,3-5,14-15H2,1-2H3,(H,24,26)/t21-/m0/s1. The van der Waals surface area contributed by atoms with E-state index in [2.05, 4.69) is 36.5 Å². The molecule has 1 amide bonds. The fourth-order valence-corrected chi connectivity index (χ4v) is 4.34. The van der Waals surface area contributed by atoms with E-state index in [-0.39, 0.29) is 17.6 Å². The molecule has 0 fully saturated rings. The zero-order chi connectivity index (χ0) is 19.9. The maximum absolute atomic E-state index is 12.4. The Bertz CT molecular complexity index is 791. The molecule has 0 aromatic heterocycles. The highest BCUT2D eigenvalue weighted by Gasteiger charge is 2.29. The van der Waals surface area contributed by atoms with Gasteiger partial charge in [0.05, 0.1) is 0 Å². The average molecular weight is 398 g/mol. The molecule has 1 aliphatic rings. The van der Waals surface area contributed by atoms with Gasteiger partial charge in [-0.3, -0.25) is 4.79 Å². The SMILES string of the molecule is CCCC[C@H](NC(=O)OCC1c2ccccc2-c2ccccc21)C(=O)SCC. The van der Waals surface area contributed by atoms with Gasteiger partial charge in [-0.2, -0.15) is 0 Å². The molecule has 0 spiro atoms. The summed E-state index contributed by atoms with van der Waals surface area (Å²) in [6, 6.07) is 16.0. The van der Waals surface area contributed by atoms with Crippen molar-refractivity contribution in [3.8, 4) is 11.1 Å². The van der Waals surface area contributed by atoms with Crippen molar-refractivity contribution in [2.75, 3.05) is 12.4 Å². The fraction of sp³-hybridized carbons (Fsp3) is 0.391. The summed E-state index contributed by atoms with van der Waals surface area (Å²) in [5, 5.41) is 2.78. The van der Waals surface area contributed by atoms with Gasteiger partial charge in [-0.15, -0.1) is 0 Å². The van der Waals surface area contributed by atoms with Gasteiger partial charge in [-0.1, -0.05) is 87.0 Å². The van der Waals surface area contributed by atoms with Crippen LogP contribution in [-0.4, -0.2) is 29.6 Å². The number of fused-ring (bicyclic) bond motifs is 3. The predicted molar refractivity (Wildman–Crippen MR) is 115 cm³/mol. The van der Waals surface area contributed by atoms with Crippen LogP contribution in [0.25, 0.3) is 11.1 Å². The lowest BCUT2D eigenvalue weighted by Crippen LogP contribution is -2.40. The van der Waals surface area contributed by atoms with Crippen LogP contribution >= 0.6 is 11.8 Å². The van der Waals surface area contributed by atoms with E-state index in [0.29, 0.717) is 12.2 Å². The van der Waals surface area contributed by atoms with Crippen molar-refractivity contribution in [2.45, 2.75) is 45.1 Å². The van der Waals surface area contributed by atoms with E-state index in [4.69, 9.17) is 4.74 Å². The number of ether oxygens (including phenoxy) is 1. The minimum Gasteiger partial charge on any atom is -0.449 e. The minimum absolute atomic E-state index is 0.00413. The molecule has 0 aliphatic heterocycles. The lowest BCUT2D eigenvalue weighted by Gasteiger charge is -2.18. The van der Waals surface area contributed by atoms with Crippen LogP contribution in [0, 0.1) is 0 Å². The van der Waals surface area contributed by atoms with Crippen LogP contribution in [0.5, 0.6) is 0 Å². The molecule has 2 aromatic rings. The first-order valence-corrected chi connectivity index (χ1v) is 10.9. The number of nitrogens with one attached hydrogen (secondary N) is 1. The van der Waals surface area contributed by atoms with Crippen LogP contribution in [0.3, 0.4) is 0 Å². The third-order valence-corrected chi connectivity index (χ3v) is 5.91. The first kappa shape index (κ1) is 20.5. The smallest absolute Gasteiger partial charge is 0.407 e. The van der Waals surface area contributed by atoms with Crippen LogP contribution in [-0.2, 0) is 9.53 Å². The maximum Gasteiger partial charge on any atom is 0.407 e. The Hall–Kier alpha value is -2.27. The number of hydrogen-bond acceptors (Lipinski definition) is 4. The fourth-order valence-electron chi connectivity index (χ4n) is 3.68. The van der Waals surface area contributed by atoms with E-state index in [1.807, 2.05) is 31.2 Å². The summed E-state index contributed by atoms with van der Waals surface area (Å²) in [4.78, 5) is 24.7. The summed E-state index contributed by atoms with van der Waals surface area (Å²) in [5.74, 6) is 0.723. The van der Waals surface area contributed by atoms with Crippen molar-refractivity contribution in [1.82, 2.24) is 5.32 Å². The quantitative estimate of drug-likeness (QED) is 0.651. The van der Waals surface area contributed by atoms with Gasteiger partial charge in [0.1, 0.15) is 12.6 Å². The minimum atomic E-state index is -0.520. The number of carbonyl (C=O) groups excluding carboxylic acids is 2. The number of hydrogen-bond donors (Lipinski definition) is 1. The zero-order valence-electron chi connectivity index (χ0n) is 16.4. The average Bonchev–Trinajstić information content (AvgIpc) is 3.03. The third kappa shape index (κ3) is 4.58. The molecule has 28 heavy (non-hydrogen) atoms. The Labute approximate surface area is 171 Å². The van der Waals surface area contributed by atoms with Crippen molar-refractivity contribution in [3.05, 3.63) is 59.7 Å². The van der Waals surface area contributed by atoms with E-state index >= 15 is 0 Å². The van der Waals surface area contributed by atoms with Gasteiger partial charge < -0.3 is 10.1 Å². The molecule has 0 unspecified atom stereocenters. The Morgan fingerprint density at radius 2 is 1.64 bits per heavy atom. The number of carbonyl (C=O) groups is 2. The Kier molecular flexibility index (Phi) is 7.15. The number of benzene rings is 2. The largest absolute Gasteiger partial charge is 0.449 e. The summed E-state index contributed by atoms with van der Waals surface area (Å²) in [6.07, 6.45) is 2.00. The molecule has 0 saturated heterocycles. The summed E-state index contributed by atoms with van der Waals surface area (Å²) in [6.45, 7) is 4.27. The Morgan fingerprint density at radius 1 is 1.04 bits per heavy atom. The molecule has 3 rings (SSSR count). The maximum atomic E-state index is 12.4. The summed E-state index contributed by atoms with van der Waals surface area (Å²) >= 11 is 1.25. The Balaban J connectivity index is 1.66. The van der Waals surface area contributed by atoms with Gasteiger partial charge in [-0.25, -0.2) is 4.79 Å². The molecule has 0 bridgehead atoms. The molecule has 1 aliphatic carbocycles. The predicted octanol–water partition coefficient (Wildman–Crippen LogP) is 5.36. The molecule has 2 aromatic carbocycles. The molecule has 0 heterocycles. The highest BCUT2D eigenvalue weighted by Crippen LogP contribution is 2.44. The van der Waals surface area contributed by atoms with E-state index in [1.54, 1.807) is 0 Å². The summed E-state index contributed by atoms with van der Waals surface area (Å²) < 4.78 is 5.57. The first-order valence-electron chi connectivity index (χ1n) is 9.93. The molecule has 5 heteroatoms. The van der Waals surface area contributed by atoms with Crippen molar-refractivity contribution < 1.29 is 14.3 Å². The number of alkyl carbamates (subject to hydrolysis) is 1. The number of thioether (sulfide) groups is 1. The molecular weight excluding hydrogens is 370 g/mol. The van der Waals surface area contributed by atoms with E-state index in [1.165, 1.54) is 34.0 Å². The van der Waals surface area contributed by atoms with E-state index in [0.717, 1.165) is 12.8 Å². The highest BCUT2D eigenvalue weighted by molar-refractivity contribution is 8.13. The highest BCUT2D eigenvalue weighted by atomic mass is 32.2. The number of amides is 1. The monoisotopic (exact) mass is 397 g/mol. The van der Waals surface area contributed by atoms with Crippen LogP contribution in [0.1, 0.15) is 50.2 Å². The van der Waals surface area contributed by atoms with Crippen molar-refractivity contribution in [1.29, 1.82) is 0 Å². The molecule has 148 valence electrons. The molecular formula is C23H27NO3S.